The molecule has 0 saturated carbocycles. The summed E-state index contributed by atoms with van der Waals surface area (Å²) in [5, 5.41) is 4.77. The van der Waals surface area contributed by atoms with Crippen LogP contribution in [0.5, 0.6) is 0 Å². The first-order valence-corrected chi connectivity index (χ1v) is 12.8. The fourth-order valence-corrected chi connectivity index (χ4v) is 5.90. The van der Waals surface area contributed by atoms with Crippen LogP contribution in [0.15, 0.2) is 59.0 Å². The normalized spacial score (nSPS) is 18.1. The molecule has 1 aliphatic rings. The molecule has 2 amide bonds. The molecule has 2 aromatic carbocycles. The van der Waals surface area contributed by atoms with Crippen molar-refractivity contribution in [3.05, 3.63) is 76.6 Å². The summed E-state index contributed by atoms with van der Waals surface area (Å²) in [6, 6.07) is 17.2. The Bertz CT molecular complexity index is 1370. The highest BCUT2D eigenvalue weighted by Gasteiger charge is 2.35. The Kier molecular flexibility index (Phi) is 6.43. The molecular formula is C28H29N3O3S. The van der Waals surface area contributed by atoms with Crippen molar-refractivity contribution in [2.75, 3.05) is 13.1 Å². The zero-order valence-electron chi connectivity index (χ0n) is 20.2. The van der Waals surface area contributed by atoms with Crippen LogP contribution in [-0.4, -0.2) is 40.8 Å². The summed E-state index contributed by atoms with van der Waals surface area (Å²) < 4.78 is 5.68. The third-order valence-electron chi connectivity index (χ3n) is 6.75. The van der Waals surface area contributed by atoms with E-state index in [1.807, 2.05) is 73.3 Å². The van der Waals surface area contributed by atoms with Gasteiger partial charge in [0.25, 0.3) is 11.8 Å². The lowest BCUT2D eigenvalue weighted by molar-refractivity contribution is 0.0503. The van der Waals surface area contributed by atoms with Crippen molar-refractivity contribution < 1.29 is 14.0 Å². The second-order valence-corrected chi connectivity index (χ2v) is 10.4. The molecule has 4 aromatic rings. The monoisotopic (exact) mass is 487 g/mol. The Morgan fingerprint density at radius 2 is 1.94 bits per heavy atom. The molecule has 6 nitrogen and oxygen atoms in total. The zero-order valence-corrected chi connectivity index (χ0v) is 21.0. The smallest absolute Gasteiger partial charge is 0.274 e. The average molecular weight is 488 g/mol. The molecule has 2 atom stereocenters. The van der Waals surface area contributed by atoms with Crippen molar-refractivity contribution in [1.29, 1.82) is 0 Å². The second kappa shape index (κ2) is 9.66. The number of rotatable bonds is 5. The number of hydrogen-bond donors (Lipinski definition) is 1. The Balaban J connectivity index is 1.38. The number of carbonyl (C=O) groups excluding carboxylic acids is 2. The second-order valence-electron chi connectivity index (χ2n) is 9.25. The number of aromatic nitrogens is 1. The molecule has 7 heteroatoms. The van der Waals surface area contributed by atoms with Crippen molar-refractivity contribution in [2.45, 2.75) is 39.7 Å². The maximum atomic E-state index is 13.8. The lowest BCUT2D eigenvalue weighted by Crippen LogP contribution is -2.53. The fraction of sp³-hybridized carbons (Fsp3) is 0.321. The SMILES string of the molecule is Cc1cc2c(C(=O)NCC3[C@H](C)CCCN3C(=O)c3nc(C)sc3-c3ccccc3)cccc2o1. The van der Waals surface area contributed by atoms with Gasteiger partial charge in [-0.25, -0.2) is 4.98 Å². The molecule has 0 bridgehead atoms. The summed E-state index contributed by atoms with van der Waals surface area (Å²) in [4.78, 5) is 34.4. The molecule has 0 aliphatic carbocycles. The minimum atomic E-state index is -0.156. The number of nitrogens with one attached hydrogen (secondary N) is 1. The van der Waals surface area contributed by atoms with Gasteiger partial charge in [0.15, 0.2) is 0 Å². The minimum absolute atomic E-state index is 0.0634. The van der Waals surface area contributed by atoms with Crippen molar-refractivity contribution in [2.24, 2.45) is 5.92 Å². The van der Waals surface area contributed by atoms with Gasteiger partial charge in [-0.3, -0.25) is 9.59 Å². The molecule has 0 radical (unpaired) electrons. The van der Waals surface area contributed by atoms with Gasteiger partial charge < -0.3 is 14.6 Å². The number of fused-ring (bicyclic) bond motifs is 1. The van der Waals surface area contributed by atoms with Crippen molar-refractivity contribution in [1.82, 2.24) is 15.2 Å². The van der Waals surface area contributed by atoms with Gasteiger partial charge >= 0.3 is 0 Å². The van der Waals surface area contributed by atoms with Crippen molar-refractivity contribution >= 4 is 34.1 Å². The van der Waals surface area contributed by atoms with Gasteiger partial charge in [0, 0.05) is 18.5 Å². The predicted octanol–water partition coefficient (Wildman–Crippen LogP) is 5.84. The van der Waals surface area contributed by atoms with E-state index >= 15 is 0 Å². The maximum Gasteiger partial charge on any atom is 0.274 e. The van der Waals surface area contributed by atoms with E-state index in [2.05, 4.69) is 17.2 Å². The van der Waals surface area contributed by atoms with Crippen LogP contribution >= 0.6 is 11.3 Å². The summed E-state index contributed by atoms with van der Waals surface area (Å²) in [5.41, 5.74) is 2.79. The number of aryl methyl sites for hydroxylation is 2. The summed E-state index contributed by atoms with van der Waals surface area (Å²) in [7, 11) is 0. The number of likely N-dealkylation sites (tertiary alicyclic amines) is 1. The first kappa shape index (κ1) is 23.3. The first-order valence-electron chi connectivity index (χ1n) is 12.0. The Labute approximate surface area is 209 Å². The van der Waals surface area contributed by atoms with Crippen LogP contribution in [0, 0.1) is 19.8 Å². The molecule has 5 rings (SSSR count). The topological polar surface area (TPSA) is 75.4 Å². The van der Waals surface area contributed by atoms with E-state index in [0.29, 0.717) is 29.9 Å². The number of benzene rings is 2. The molecule has 3 heterocycles. The highest BCUT2D eigenvalue weighted by Crippen LogP contribution is 2.33. The van der Waals surface area contributed by atoms with Gasteiger partial charge in [0.2, 0.25) is 0 Å². The lowest BCUT2D eigenvalue weighted by Gasteiger charge is -2.40. The van der Waals surface area contributed by atoms with Crippen LogP contribution in [0.1, 0.15) is 51.4 Å². The molecule has 1 saturated heterocycles. The van der Waals surface area contributed by atoms with Crippen LogP contribution in [0.2, 0.25) is 0 Å². The fourth-order valence-electron chi connectivity index (χ4n) is 4.98. The number of thiazole rings is 1. The van der Waals surface area contributed by atoms with E-state index in [9.17, 15) is 9.59 Å². The van der Waals surface area contributed by atoms with Crippen LogP contribution in [-0.2, 0) is 0 Å². The quantitative estimate of drug-likeness (QED) is 0.383. The van der Waals surface area contributed by atoms with Gasteiger partial charge in [-0.15, -0.1) is 11.3 Å². The molecule has 1 fully saturated rings. The molecule has 0 spiro atoms. The van der Waals surface area contributed by atoms with Crippen LogP contribution in [0.4, 0.5) is 0 Å². The van der Waals surface area contributed by atoms with Gasteiger partial charge in [0.05, 0.1) is 21.5 Å². The number of carbonyl (C=O) groups is 2. The van der Waals surface area contributed by atoms with E-state index in [-0.39, 0.29) is 23.8 Å². The number of furan rings is 1. The van der Waals surface area contributed by atoms with E-state index < -0.39 is 0 Å². The highest BCUT2D eigenvalue weighted by atomic mass is 32.1. The summed E-state index contributed by atoms with van der Waals surface area (Å²) in [6.07, 6.45) is 1.96. The molecule has 1 aliphatic heterocycles. The Hall–Kier alpha value is -3.45. The van der Waals surface area contributed by atoms with Gasteiger partial charge in [0.1, 0.15) is 17.0 Å². The molecule has 1 N–H and O–H groups in total. The first-order chi connectivity index (χ1) is 16.9. The van der Waals surface area contributed by atoms with E-state index in [4.69, 9.17) is 4.42 Å². The van der Waals surface area contributed by atoms with Crippen molar-refractivity contribution in [3.63, 3.8) is 0 Å². The number of hydrogen-bond acceptors (Lipinski definition) is 5. The van der Waals surface area contributed by atoms with E-state index in [1.165, 1.54) is 0 Å². The number of amides is 2. The molecular weight excluding hydrogens is 458 g/mol. The summed E-state index contributed by atoms with van der Waals surface area (Å²) in [6.45, 7) is 7.01. The predicted molar refractivity (Wildman–Crippen MR) is 139 cm³/mol. The van der Waals surface area contributed by atoms with E-state index in [1.54, 1.807) is 11.3 Å². The molecule has 1 unspecified atom stereocenters. The van der Waals surface area contributed by atoms with Crippen LogP contribution in [0.3, 0.4) is 0 Å². The summed E-state index contributed by atoms with van der Waals surface area (Å²) in [5.74, 6) is 0.813. The maximum absolute atomic E-state index is 13.8. The third-order valence-corrected chi connectivity index (χ3v) is 7.77. The standard InChI is InChI=1S/C28H29N3O3S/c1-17-9-8-14-31(28(33)25-26(35-19(3)30-25)20-10-5-4-6-11-20)23(17)16-29-27(32)21-12-7-13-24-22(21)15-18(2)34-24/h4-7,10-13,15,17,23H,8-9,14,16H2,1-3H3,(H,29,32)/t17-,23?/m1/s1. The Morgan fingerprint density at radius 3 is 2.74 bits per heavy atom. The lowest BCUT2D eigenvalue weighted by atomic mass is 9.90. The van der Waals surface area contributed by atoms with Crippen LogP contribution in [0.25, 0.3) is 21.4 Å². The van der Waals surface area contributed by atoms with Crippen LogP contribution < -0.4 is 5.32 Å². The van der Waals surface area contributed by atoms with E-state index in [0.717, 1.165) is 39.4 Å². The van der Waals surface area contributed by atoms with Gasteiger partial charge in [-0.1, -0.05) is 43.3 Å². The van der Waals surface area contributed by atoms with Gasteiger partial charge in [-0.2, -0.15) is 0 Å². The Morgan fingerprint density at radius 1 is 1.14 bits per heavy atom. The minimum Gasteiger partial charge on any atom is -0.461 e. The zero-order chi connectivity index (χ0) is 24.5. The molecule has 35 heavy (non-hydrogen) atoms. The molecule has 180 valence electrons. The number of piperidine rings is 1. The molecule has 2 aromatic heterocycles. The van der Waals surface area contributed by atoms with Gasteiger partial charge in [-0.05, 0) is 56.4 Å². The number of nitrogens with zero attached hydrogens (tertiary/aromatic N) is 2. The summed E-state index contributed by atoms with van der Waals surface area (Å²) >= 11 is 1.54. The van der Waals surface area contributed by atoms with Crippen molar-refractivity contribution in [3.8, 4) is 10.4 Å². The highest BCUT2D eigenvalue weighted by molar-refractivity contribution is 7.15. The average Bonchev–Trinajstić information content (AvgIpc) is 3.44. The largest absolute Gasteiger partial charge is 0.461 e. The third kappa shape index (κ3) is 4.60.